The largest absolute Gasteiger partial charge is 0.508 e. The number of aliphatic hydroxyl groups is 2. The Morgan fingerprint density at radius 3 is 1.54 bits per heavy atom. The number of carboxylic acids is 3. The molecule has 0 spiro atoms. The van der Waals surface area contributed by atoms with E-state index in [1.807, 2.05) is 0 Å². The Morgan fingerprint density at radius 1 is 0.893 bits per heavy atom. The SMILES string of the molecule is C[C@@H](O)[C@H](N)C(=O)O.N[C@@H](CO)C(=O)O.N[C@@H](Cc1ccc(O)cc1)C(=O)O. The lowest BCUT2D eigenvalue weighted by Gasteiger charge is -2.06. The van der Waals surface area contributed by atoms with Crippen molar-refractivity contribution in [1.82, 2.24) is 0 Å². The second-order valence-electron chi connectivity index (χ2n) is 5.55. The Balaban J connectivity index is 0. The van der Waals surface area contributed by atoms with Crippen LogP contribution in [0.15, 0.2) is 24.3 Å². The van der Waals surface area contributed by atoms with E-state index in [1.54, 1.807) is 12.1 Å². The van der Waals surface area contributed by atoms with Crippen LogP contribution >= 0.6 is 0 Å². The second kappa shape index (κ2) is 14.3. The summed E-state index contributed by atoms with van der Waals surface area (Å²) in [4.78, 5) is 29.9. The van der Waals surface area contributed by atoms with E-state index in [0.29, 0.717) is 0 Å². The monoisotopic (exact) mass is 405 g/mol. The van der Waals surface area contributed by atoms with Gasteiger partial charge in [-0.05, 0) is 31.0 Å². The molecule has 0 aromatic heterocycles. The highest BCUT2D eigenvalue weighted by Gasteiger charge is 2.16. The summed E-state index contributed by atoms with van der Waals surface area (Å²) in [6.45, 7) is 0.827. The van der Waals surface area contributed by atoms with Gasteiger partial charge in [0, 0.05) is 0 Å². The zero-order valence-electron chi connectivity index (χ0n) is 15.2. The highest BCUT2D eigenvalue weighted by Crippen LogP contribution is 2.10. The first-order chi connectivity index (χ1) is 12.8. The van der Waals surface area contributed by atoms with Crippen LogP contribution in [0.5, 0.6) is 5.75 Å². The summed E-state index contributed by atoms with van der Waals surface area (Å²) < 4.78 is 0. The van der Waals surface area contributed by atoms with Gasteiger partial charge in [0.2, 0.25) is 0 Å². The maximum atomic E-state index is 10.4. The zero-order chi connectivity index (χ0) is 22.4. The van der Waals surface area contributed by atoms with Gasteiger partial charge in [-0.3, -0.25) is 14.4 Å². The summed E-state index contributed by atoms with van der Waals surface area (Å²) in [5, 5.41) is 49.9. The van der Waals surface area contributed by atoms with Crippen molar-refractivity contribution in [3.8, 4) is 5.75 Å². The van der Waals surface area contributed by atoms with Gasteiger partial charge in [0.15, 0.2) is 0 Å². The topological polar surface area (TPSA) is 251 Å². The van der Waals surface area contributed by atoms with E-state index in [1.165, 1.54) is 19.1 Å². The fourth-order valence-electron chi connectivity index (χ4n) is 1.26. The summed E-state index contributed by atoms with van der Waals surface area (Å²) in [5.74, 6) is -3.22. The molecule has 0 saturated carbocycles. The van der Waals surface area contributed by atoms with Gasteiger partial charge in [-0.25, -0.2) is 0 Å². The molecule has 12 heteroatoms. The Bertz CT molecular complexity index is 608. The molecule has 4 atom stereocenters. The molecular weight excluding hydrogens is 378 g/mol. The molecule has 160 valence electrons. The summed E-state index contributed by atoms with van der Waals surface area (Å²) in [6, 6.07) is 3.14. The minimum absolute atomic E-state index is 0.160. The van der Waals surface area contributed by atoms with Gasteiger partial charge < -0.3 is 47.8 Å². The Hall–Kier alpha value is -2.77. The first kappa shape index (κ1) is 27.4. The minimum atomic E-state index is -1.18. The first-order valence-corrected chi connectivity index (χ1v) is 7.85. The van der Waals surface area contributed by atoms with E-state index < -0.39 is 48.7 Å². The number of aliphatic hydroxyl groups excluding tert-OH is 2. The molecule has 1 rings (SSSR count). The van der Waals surface area contributed by atoms with Gasteiger partial charge in [-0.1, -0.05) is 12.1 Å². The third-order valence-corrected chi connectivity index (χ3v) is 3.03. The van der Waals surface area contributed by atoms with Crippen molar-refractivity contribution in [3.05, 3.63) is 29.8 Å². The van der Waals surface area contributed by atoms with Crippen LogP contribution in [0.3, 0.4) is 0 Å². The molecule has 0 bridgehead atoms. The summed E-state index contributed by atoms with van der Waals surface area (Å²) in [7, 11) is 0. The van der Waals surface area contributed by atoms with Crippen LogP contribution in [0.1, 0.15) is 12.5 Å². The van der Waals surface area contributed by atoms with Gasteiger partial charge in [0.25, 0.3) is 0 Å². The number of aliphatic carboxylic acids is 3. The van der Waals surface area contributed by atoms with Crippen LogP contribution < -0.4 is 17.2 Å². The molecule has 12 nitrogen and oxygen atoms in total. The van der Waals surface area contributed by atoms with Crippen LogP contribution in [0.2, 0.25) is 0 Å². The molecule has 0 fully saturated rings. The van der Waals surface area contributed by atoms with Crippen molar-refractivity contribution in [1.29, 1.82) is 0 Å². The van der Waals surface area contributed by atoms with Crippen LogP contribution in [0, 0.1) is 0 Å². The average molecular weight is 405 g/mol. The van der Waals surface area contributed by atoms with Gasteiger partial charge >= 0.3 is 17.9 Å². The summed E-state index contributed by atoms with van der Waals surface area (Å²) >= 11 is 0. The molecular formula is C16H27N3O9. The van der Waals surface area contributed by atoms with Crippen molar-refractivity contribution in [2.75, 3.05) is 6.61 Å². The van der Waals surface area contributed by atoms with Crippen LogP contribution in [-0.2, 0) is 20.8 Å². The lowest BCUT2D eigenvalue weighted by molar-refractivity contribution is -0.141. The maximum Gasteiger partial charge on any atom is 0.323 e. The molecule has 0 heterocycles. The fourth-order valence-corrected chi connectivity index (χ4v) is 1.26. The zero-order valence-corrected chi connectivity index (χ0v) is 15.2. The molecule has 28 heavy (non-hydrogen) atoms. The number of carbonyl (C=O) groups is 3. The molecule has 0 saturated heterocycles. The molecule has 1 aromatic carbocycles. The number of phenols is 1. The quantitative estimate of drug-likeness (QED) is 0.228. The van der Waals surface area contributed by atoms with E-state index in [9.17, 15) is 14.4 Å². The van der Waals surface area contributed by atoms with Gasteiger partial charge in [-0.2, -0.15) is 0 Å². The van der Waals surface area contributed by atoms with Crippen molar-refractivity contribution in [3.63, 3.8) is 0 Å². The molecule has 0 aliphatic carbocycles. The predicted octanol–water partition coefficient (Wildman–Crippen LogP) is -2.48. The Kier molecular flexibility index (Phi) is 14.0. The Morgan fingerprint density at radius 2 is 1.32 bits per heavy atom. The number of hydrogen-bond acceptors (Lipinski definition) is 9. The maximum absolute atomic E-state index is 10.4. The van der Waals surface area contributed by atoms with E-state index in [2.05, 4.69) is 0 Å². The van der Waals surface area contributed by atoms with E-state index >= 15 is 0 Å². The van der Waals surface area contributed by atoms with Crippen LogP contribution in [-0.4, -0.2) is 79.4 Å². The van der Waals surface area contributed by atoms with Crippen LogP contribution in [0.25, 0.3) is 0 Å². The normalized spacial score (nSPS) is 14.1. The van der Waals surface area contributed by atoms with E-state index in [0.717, 1.165) is 5.56 Å². The van der Waals surface area contributed by atoms with E-state index in [-0.39, 0.29) is 12.2 Å². The lowest BCUT2D eigenvalue weighted by Crippen LogP contribution is -2.39. The Labute approximate surface area is 160 Å². The second-order valence-corrected chi connectivity index (χ2v) is 5.55. The van der Waals surface area contributed by atoms with Crippen molar-refractivity contribution in [2.45, 2.75) is 37.6 Å². The molecule has 0 amide bonds. The molecule has 0 aliphatic heterocycles. The molecule has 12 N–H and O–H groups in total. The fraction of sp³-hybridized carbons (Fsp3) is 0.438. The molecule has 1 aromatic rings. The molecule has 0 radical (unpaired) electrons. The minimum Gasteiger partial charge on any atom is -0.508 e. The lowest BCUT2D eigenvalue weighted by atomic mass is 10.1. The molecule has 0 aliphatic rings. The number of phenolic OH excluding ortho intramolecular Hbond substituents is 1. The van der Waals surface area contributed by atoms with Gasteiger partial charge in [0.1, 0.15) is 23.9 Å². The third kappa shape index (κ3) is 13.4. The summed E-state index contributed by atoms with van der Waals surface area (Å²) in [5.41, 5.74) is 15.8. The number of aromatic hydroxyl groups is 1. The third-order valence-electron chi connectivity index (χ3n) is 3.03. The number of rotatable bonds is 7. The van der Waals surface area contributed by atoms with Crippen molar-refractivity contribution < 1.29 is 45.0 Å². The number of nitrogens with two attached hydrogens (primary N) is 3. The standard InChI is InChI=1S/C9H11NO3.C4H9NO3.C3H7NO3/c10-8(9(12)13)5-6-1-3-7(11)4-2-6;1-2(6)3(5)4(7)8;4-2(1-5)3(6)7/h1-4,8,11H,5,10H2,(H,12,13);2-3,6H,5H2,1H3,(H,7,8);2,5H,1,4H2,(H,6,7)/t8-;2-,3+;2-/m010/s1. The predicted molar refractivity (Wildman–Crippen MR) is 97.4 cm³/mol. The van der Waals surface area contributed by atoms with Gasteiger partial charge in [-0.15, -0.1) is 0 Å². The number of carboxylic acid groups (broad SMARTS) is 3. The van der Waals surface area contributed by atoms with Crippen molar-refractivity contribution >= 4 is 17.9 Å². The molecule has 0 unspecified atom stereocenters. The summed E-state index contributed by atoms with van der Waals surface area (Å²) in [6.07, 6.45) is -0.706. The first-order valence-electron chi connectivity index (χ1n) is 7.85. The smallest absolute Gasteiger partial charge is 0.323 e. The van der Waals surface area contributed by atoms with Gasteiger partial charge in [0.05, 0.1) is 12.7 Å². The average Bonchev–Trinajstić information content (AvgIpc) is 2.62. The number of hydrogen-bond donors (Lipinski definition) is 9. The highest BCUT2D eigenvalue weighted by molar-refractivity contribution is 5.74. The highest BCUT2D eigenvalue weighted by atomic mass is 16.4. The van der Waals surface area contributed by atoms with Crippen molar-refractivity contribution in [2.24, 2.45) is 17.2 Å². The van der Waals surface area contributed by atoms with E-state index in [4.69, 9.17) is 47.8 Å². The number of benzene rings is 1. The van der Waals surface area contributed by atoms with Crippen LogP contribution in [0.4, 0.5) is 0 Å².